The molecule has 0 saturated heterocycles. The number of thioether (sulfide) groups is 1. The van der Waals surface area contributed by atoms with Crippen molar-refractivity contribution in [3.05, 3.63) is 74.7 Å². The fourth-order valence-corrected chi connectivity index (χ4v) is 4.42. The first kappa shape index (κ1) is 22.3. The van der Waals surface area contributed by atoms with Crippen molar-refractivity contribution in [2.75, 3.05) is 11.9 Å². The van der Waals surface area contributed by atoms with Gasteiger partial charge in [-0.15, -0.1) is 23.1 Å². The Morgan fingerprint density at radius 2 is 1.90 bits per heavy atom. The molecule has 156 valence electrons. The van der Waals surface area contributed by atoms with Crippen LogP contribution in [0.15, 0.2) is 52.7 Å². The van der Waals surface area contributed by atoms with Gasteiger partial charge in [0.15, 0.2) is 0 Å². The zero-order chi connectivity index (χ0) is 21.5. The molecule has 1 heterocycles. The number of halogens is 1. The minimum absolute atomic E-state index is 0.222. The molecule has 0 atom stereocenters. The molecule has 1 aromatic heterocycles. The summed E-state index contributed by atoms with van der Waals surface area (Å²) in [5.41, 5.74) is 2.53. The highest BCUT2D eigenvalue weighted by Crippen LogP contribution is 2.25. The molecule has 8 heteroatoms. The second-order valence-corrected chi connectivity index (χ2v) is 9.09. The van der Waals surface area contributed by atoms with Gasteiger partial charge in [-0.25, -0.2) is 4.98 Å². The number of anilines is 1. The Morgan fingerprint density at radius 1 is 1.13 bits per heavy atom. The summed E-state index contributed by atoms with van der Waals surface area (Å²) < 4.78 is 0. The van der Waals surface area contributed by atoms with Crippen LogP contribution in [0.5, 0.6) is 0 Å². The first-order valence-corrected chi connectivity index (χ1v) is 11.7. The molecule has 3 aromatic rings. The molecule has 2 amide bonds. The summed E-state index contributed by atoms with van der Waals surface area (Å²) in [5, 5.41) is 9.03. The summed E-state index contributed by atoms with van der Waals surface area (Å²) in [6.07, 6.45) is 0.847. The van der Waals surface area contributed by atoms with Gasteiger partial charge in [-0.1, -0.05) is 18.5 Å². The number of aryl methyl sites for hydroxylation is 1. The Morgan fingerprint density at radius 3 is 2.53 bits per heavy atom. The van der Waals surface area contributed by atoms with Gasteiger partial charge in [0.25, 0.3) is 11.8 Å². The van der Waals surface area contributed by atoms with E-state index in [2.05, 4.69) is 21.0 Å². The summed E-state index contributed by atoms with van der Waals surface area (Å²) in [7, 11) is 0. The number of amides is 2. The minimum atomic E-state index is -0.235. The molecule has 0 bridgehead atoms. The minimum Gasteiger partial charge on any atom is -0.352 e. The van der Waals surface area contributed by atoms with E-state index in [1.54, 1.807) is 53.4 Å². The lowest BCUT2D eigenvalue weighted by Gasteiger charge is -2.09. The van der Waals surface area contributed by atoms with Gasteiger partial charge in [0.1, 0.15) is 0 Å². The SMILES string of the molecule is CCCNC(=O)c1ccc(NC(=O)c2ccc(SCc3csc(C)n3)cc2)cc1Cl. The lowest BCUT2D eigenvalue weighted by molar-refractivity contribution is 0.0953. The number of aromatic nitrogens is 1. The van der Waals surface area contributed by atoms with Crippen LogP contribution in [0, 0.1) is 6.92 Å². The van der Waals surface area contributed by atoms with E-state index in [0.717, 1.165) is 27.8 Å². The monoisotopic (exact) mass is 459 g/mol. The van der Waals surface area contributed by atoms with Gasteiger partial charge in [0.2, 0.25) is 0 Å². The van der Waals surface area contributed by atoms with Crippen LogP contribution >= 0.6 is 34.7 Å². The van der Waals surface area contributed by atoms with Crippen LogP contribution in [0.25, 0.3) is 0 Å². The van der Waals surface area contributed by atoms with Gasteiger partial charge in [0, 0.05) is 33.8 Å². The summed E-state index contributed by atoms with van der Waals surface area (Å²) in [4.78, 5) is 30.1. The van der Waals surface area contributed by atoms with Crippen molar-refractivity contribution >= 4 is 52.2 Å². The third-order valence-electron chi connectivity index (χ3n) is 4.18. The average molecular weight is 460 g/mol. The number of nitrogens with zero attached hydrogens (tertiary/aromatic N) is 1. The number of carbonyl (C=O) groups excluding carboxylic acids is 2. The number of thiazole rings is 1. The van der Waals surface area contributed by atoms with E-state index >= 15 is 0 Å². The Kier molecular flexibility index (Phi) is 7.90. The topological polar surface area (TPSA) is 71.1 Å². The van der Waals surface area contributed by atoms with Crippen molar-refractivity contribution in [1.82, 2.24) is 10.3 Å². The van der Waals surface area contributed by atoms with Crippen LogP contribution in [0.2, 0.25) is 5.02 Å². The largest absolute Gasteiger partial charge is 0.352 e. The predicted octanol–water partition coefficient (Wildman–Crippen LogP) is 5.79. The Bertz CT molecular complexity index is 1040. The number of hydrogen-bond donors (Lipinski definition) is 2. The average Bonchev–Trinajstić information content (AvgIpc) is 3.16. The van der Waals surface area contributed by atoms with Crippen molar-refractivity contribution < 1.29 is 9.59 Å². The molecule has 3 rings (SSSR count). The van der Waals surface area contributed by atoms with E-state index in [1.165, 1.54) is 0 Å². The lowest BCUT2D eigenvalue weighted by Crippen LogP contribution is -2.24. The number of nitrogens with one attached hydrogen (secondary N) is 2. The number of rotatable bonds is 8. The highest BCUT2D eigenvalue weighted by molar-refractivity contribution is 7.98. The van der Waals surface area contributed by atoms with Gasteiger partial charge < -0.3 is 10.6 Å². The lowest BCUT2D eigenvalue weighted by atomic mass is 10.1. The van der Waals surface area contributed by atoms with E-state index in [4.69, 9.17) is 11.6 Å². The van der Waals surface area contributed by atoms with Crippen LogP contribution in [-0.2, 0) is 5.75 Å². The van der Waals surface area contributed by atoms with Gasteiger partial charge in [-0.2, -0.15) is 0 Å². The zero-order valence-electron chi connectivity index (χ0n) is 16.7. The van der Waals surface area contributed by atoms with E-state index in [9.17, 15) is 9.59 Å². The van der Waals surface area contributed by atoms with Crippen molar-refractivity contribution in [3.8, 4) is 0 Å². The molecule has 2 N–H and O–H groups in total. The van der Waals surface area contributed by atoms with Crippen molar-refractivity contribution in [3.63, 3.8) is 0 Å². The highest BCUT2D eigenvalue weighted by Gasteiger charge is 2.12. The normalized spacial score (nSPS) is 10.6. The van der Waals surface area contributed by atoms with E-state index < -0.39 is 0 Å². The molecule has 0 aliphatic carbocycles. The van der Waals surface area contributed by atoms with Crippen LogP contribution in [-0.4, -0.2) is 23.3 Å². The molecule has 0 aliphatic rings. The molecule has 0 aliphatic heterocycles. The smallest absolute Gasteiger partial charge is 0.255 e. The molecule has 0 spiro atoms. The Hall–Kier alpha value is -2.35. The first-order chi connectivity index (χ1) is 14.5. The quantitative estimate of drug-likeness (QED) is 0.418. The van der Waals surface area contributed by atoms with Crippen molar-refractivity contribution in [1.29, 1.82) is 0 Å². The molecule has 0 saturated carbocycles. The number of carbonyl (C=O) groups is 2. The second-order valence-electron chi connectivity index (χ2n) is 6.58. The van der Waals surface area contributed by atoms with Crippen molar-refractivity contribution in [2.24, 2.45) is 0 Å². The number of hydrogen-bond acceptors (Lipinski definition) is 5. The molecule has 0 radical (unpaired) electrons. The summed E-state index contributed by atoms with van der Waals surface area (Å²) in [6.45, 7) is 4.56. The maximum absolute atomic E-state index is 12.5. The first-order valence-electron chi connectivity index (χ1n) is 9.49. The summed E-state index contributed by atoms with van der Waals surface area (Å²) >= 11 is 9.55. The molecular formula is C22H22ClN3O2S2. The summed E-state index contributed by atoms with van der Waals surface area (Å²) in [6, 6.07) is 12.3. The van der Waals surface area contributed by atoms with Gasteiger partial charge in [0.05, 0.1) is 21.3 Å². The molecule has 0 unspecified atom stereocenters. The molecule has 2 aromatic carbocycles. The van der Waals surface area contributed by atoms with Gasteiger partial charge in [-0.3, -0.25) is 9.59 Å². The van der Waals surface area contributed by atoms with Crippen LogP contribution < -0.4 is 10.6 Å². The maximum Gasteiger partial charge on any atom is 0.255 e. The van der Waals surface area contributed by atoms with Crippen LogP contribution in [0.1, 0.15) is 44.8 Å². The molecule has 0 fully saturated rings. The Labute approximate surface area is 189 Å². The van der Waals surface area contributed by atoms with Crippen molar-refractivity contribution in [2.45, 2.75) is 30.9 Å². The summed E-state index contributed by atoms with van der Waals surface area (Å²) in [5.74, 6) is 0.341. The van der Waals surface area contributed by atoms with Gasteiger partial charge in [-0.05, 0) is 55.8 Å². The van der Waals surface area contributed by atoms with E-state index in [1.807, 2.05) is 26.0 Å². The van der Waals surface area contributed by atoms with E-state index in [-0.39, 0.29) is 11.8 Å². The second kappa shape index (κ2) is 10.6. The number of benzene rings is 2. The Balaban J connectivity index is 1.58. The molecule has 30 heavy (non-hydrogen) atoms. The highest BCUT2D eigenvalue weighted by atomic mass is 35.5. The third kappa shape index (κ3) is 6.08. The predicted molar refractivity (Wildman–Crippen MR) is 125 cm³/mol. The molecule has 5 nitrogen and oxygen atoms in total. The van der Waals surface area contributed by atoms with Crippen LogP contribution in [0.4, 0.5) is 5.69 Å². The molecular weight excluding hydrogens is 438 g/mol. The third-order valence-corrected chi connectivity index (χ3v) is 6.36. The fraction of sp³-hybridized carbons (Fsp3) is 0.227. The van der Waals surface area contributed by atoms with Crippen LogP contribution in [0.3, 0.4) is 0 Å². The maximum atomic E-state index is 12.5. The zero-order valence-corrected chi connectivity index (χ0v) is 19.1. The fourth-order valence-electron chi connectivity index (χ4n) is 2.65. The van der Waals surface area contributed by atoms with Gasteiger partial charge >= 0.3 is 0 Å². The van der Waals surface area contributed by atoms with E-state index in [0.29, 0.717) is 28.4 Å². The standard InChI is InChI=1S/C22H22ClN3O2S2/c1-3-10-24-22(28)19-9-6-16(11-20(19)23)26-21(27)15-4-7-18(8-5-15)30-13-17-12-29-14(2)25-17/h4-9,11-12H,3,10,13H2,1-2H3,(H,24,28)(H,26,27).